The van der Waals surface area contributed by atoms with E-state index in [1.165, 1.54) is 12.5 Å². The quantitative estimate of drug-likeness (QED) is 0.688. The van der Waals surface area contributed by atoms with Gasteiger partial charge in [0.1, 0.15) is 6.10 Å². The number of fused-ring (bicyclic) bond motifs is 8. The summed E-state index contributed by atoms with van der Waals surface area (Å²) < 4.78 is 28.4. The third-order valence-corrected chi connectivity index (χ3v) is 6.35. The van der Waals surface area contributed by atoms with E-state index in [1.807, 2.05) is 12.1 Å². The molecule has 0 amide bonds. The first-order valence-electron chi connectivity index (χ1n) is 9.81. The van der Waals surface area contributed by atoms with Crippen LogP contribution < -0.4 is 18.9 Å². The third-order valence-electron chi connectivity index (χ3n) is 6.35. The number of carbonyl (C=O) groups excluding carboxylic acids is 1. The Morgan fingerprint density at radius 1 is 1.03 bits per heavy atom. The van der Waals surface area contributed by atoms with Crippen molar-refractivity contribution in [2.24, 2.45) is 0 Å². The van der Waals surface area contributed by atoms with Crippen molar-refractivity contribution in [1.29, 1.82) is 0 Å². The minimum Gasteiger partial charge on any atom is -0.461 e. The van der Waals surface area contributed by atoms with Gasteiger partial charge in [-0.2, -0.15) is 0 Å². The maximum Gasteiger partial charge on any atom is 0.302 e. The van der Waals surface area contributed by atoms with Crippen LogP contribution in [0.2, 0.25) is 0 Å². The van der Waals surface area contributed by atoms with Gasteiger partial charge in [0.2, 0.25) is 13.6 Å². The lowest BCUT2D eigenvalue weighted by Gasteiger charge is -2.47. The van der Waals surface area contributed by atoms with E-state index in [9.17, 15) is 4.79 Å². The molecule has 0 saturated heterocycles. The Labute approximate surface area is 168 Å². The van der Waals surface area contributed by atoms with Crippen molar-refractivity contribution >= 4 is 5.97 Å². The summed E-state index contributed by atoms with van der Waals surface area (Å²) in [5.74, 6) is 2.85. The average Bonchev–Trinajstić information content (AvgIpc) is 3.34. The van der Waals surface area contributed by atoms with Crippen LogP contribution >= 0.6 is 0 Å². The van der Waals surface area contributed by atoms with Gasteiger partial charge in [-0.25, -0.2) is 0 Å². The Balaban J connectivity index is 1.53. The molecule has 0 aromatic heterocycles. The number of nitrogens with zero attached hydrogens (tertiary/aromatic N) is 1. The summed E-state index contributed by atoms with van der Waals surface area (Å²) >= 11 is 0. The summed E-state index contributed by atoms with van der Waals surface area (Å²) in [6.07, 6.45) is 0.362. The van der Waals surface area contributed by atoms with Gasteiger partial charge in [-0.15, -0.1) is 0 Å². The predicted molar refractivity (Wildman–Crippen MR) is 101 cm³/mol. The van der Waals surface area contributed by atoms with Crippen molar-refractivity contribution in [2.45, 2.75) is 38.0 Å². The van der Waals surface area contributed by atoms with Crippen LogP contribution in [-0.2, 0) is 22.5 Å². The van der Waals surface area contributed by atoms with Crippen molar-refractivity contribution in [2.75, 3.05) is 20.6 Å². The number of hydrogen-bond acceptors (Lipinski definition) is 7. The highest BCUT2D eigenvalue weighted by atomic mass is 16.7. The fourth-order valence-electron chi connectivity index (χ4n) is 5.27. The largest absolute Gasteiger partial charge is 0.461 e. The lowest BCUT2D eigenvalue weighted by Crippen LogP contribution is -2.45. The molecule has 2 unspecified atom stereocenters. The number of likely N-dealkylation sites (N-methyl/N-ethyl adjacent to an activating group) is 1. The number of benzene rings is 2. The number of ether oxygens (including phenoxy) is 5. The Morgan fingerprint density at radius 2 is 1.79 bits per heavy atom. The van der Waals surface area contributed by atoms with Gasteiger partial charge in [0.05, 0.1) is 0 Å². The van der Waals surface area contributed by atoms with Crippen molar-refractivity contribution in [3.05, 3.63) is 46.5 Å². The summed E-state index contributed by atoms with van der Waals surface area (Å²) in [5, 5.41) is 0. The molecule has 0 spiro atoms. The van der Waals surface area contributed by atoms with Gasteiger partial charge in [0, 0.05) is 37.4 Å². The lowest BCUT2D eigenvalue weighted by atomic mass is 9.70. The van der Waals surface area contributed by atoms with Crippen LogP contribution in [0.3, 0.4) is 0 Å². The zero-order chi connectivity index (χ0) is 19.7. The second-order valence-corrected chi connectivity index (χ2v) is 8.01. The average molecular weight is 395 g/mol. The van der Waals surface area contributed by atoms with Crippen LogP contribution in [0.15, 0.2) is 24.3 Å². The van der Waals surface area contributed by atoms with Crippen LogP contribution in [0, 0.1) is 0 Å². The van der Waals surface area contributed by atoms with Crippen molar-refractivity contribution in [1.82, 2.24) is 4.90 Å². The first-order valence-corrected chi connectivity index (χ1v) is 9.81. The molecule has 7 nitrogen and oxygen atoms in total. The molecular formula is C22H21NO6. The number of hydrogen-bond donors (Lipinski definition) is 0. The van der Waals surface area contributed by atoms with Crippen LogP contribution in [0.4, 0.5) is 0 Å². The molecule has 3 heterocycles. The molecule has 0 fully saturated rings. The highest BCUT2D eigenvalue weighted by molar-refractivity contribution is 5.67. The zero-order valence-electron chi connectivity index (χ0n) is 16.3. The maximum absolute atomic E-state index is 11.9. The van der Waals surface area contributed by atoms with Crippen LogP contribution in [0.1, 0.15) is 41.1 Å². The molecule has 3 atom stereocenters. The van der Waals surface area contributed by atoms with Crippen LogP contribution in [-0.4, -0.2) is 37.6 Å². The summed E-state index contributed by atoms with van der Waals surface area (Å²) in [5.41, 5.74) is 4.61. The fourth-order valence-corrected chi connectivity index (χ4v) is 5.27. The summed E-state index contributed by atoms with van der Waals surface area (Å²) in [4.78, 5) is 14.2. The Hall–Kier alpha value is -2.93. The second-order valence-electron chi connectivity index (χ2n) is 8.01. The molecule has 0 bridgehead atoms. The monoisotopic (exact) mass is 395 g/mol. The minimum absolute atomic E-state index is 0.00461. The summed E-state index contributed by atoms with van der Waals surface area (Å²) in [6.45, 7) is 2.67. The van der Waals surface area contributed by atoms with Gasteiger partial charge in [0.25, 0.3) is 0 Å². The van der Waals surface area contributed by atoms with Gasteiger partial charge in [-0.05, 0) is 41.9 Å². The van der Waals surface area contributed by atoms with E-state index in [2.05, 4.69) is 24.1 Å². The van der Waals surface area contributed by atoms with Crippen molar-refractivity contribution in [3.8, 4) is 23.0 Å². The molecule has 1 aliphatic carbocycles. The molecule has 0 N–H and O–H groups in total. The summed E-state index contributed by atoms with van der Waals surface area (Å²) in [7, 11) is 2.10. The number of rotatable bonds is 1. The van der Waals surface area contributed by atoms with Gasteiger partial charge >= 0.3 is 5.97 Å². The fraction of sp³-hybridized carbons (Fsp3) is 0.409. The topological polar surface area (TPSA) is 66.5 Å². The molecular weight excluding hydrogens is 374 g/mol. The minimum atomic E-state index is -0.271. The molecule has 6 rings (SSSR count). The molecule has 29 heavy (non-hydrogen) atoms. The standard InChI is InChI=1S/C22H21NO6/c1-11(24)29-19-6-12-5-17-18(27-9-26-17)7-14(12)21-20(19)13-3-4-16-22(28-10-25-16)15(13)8-23(21)2/h3-5,7,19-21H,6,8-10H2,1-2H3/t19?,20?,21-/m1/s1. The first-order chi connectivity index (χ1) is 14.1. The highest BCUT2D eigenvalue weighted by Gasteiger charge is 2.47. The van der Waals surface area contributed by atoms with Crippen molar-refractivity contribution in [3.63, 3.8) is 0 Å². The second kappa shape index (κ2) is 6.03. The Bertz CT molecular complexity index is 1030. The van der Waals surface area contributed by atoms with E-state index in [1.54, 1.807) is 0 Å². The first kappa shape index (κ1) is 17.0. The van der Waals surface area contributed by atoms with E-state index in [4.69, 9.17) is 23.7 Å². The molecule has 2 aromatic rings. The Kier molecular flexibility index (Phi) is 3.53. The molecule has 150 valence electrons. The Morgan fingerprint density at radius 3 is 2.62 bits per heavy atom. The normalized spacial score (nSPS) is 25.8. The highest BCUT2D eigenvalue weighted by Crippen LogP contribution is 2.54. The zero-order valence-corrected chi connectivity index (χ0v) is 16.3. The molecule has 3 aliphatic heterocycles. The van der Waals surface area contributed by atoms with E-state index >= 15 is 0 Å². The number of carbonyl (C=O) groups is 1. The van der Waals surface area contributed by atoms with E-state index in [-0.39, 0.29) is 37.6 Å². The van der Waals surface area contributed by atoms with Crippen LogP contribution in [0.25, 0.3) is 0 Å². The van der Waals surface area contributed by atoms with E-state index < -0.39 is 0 Å². The molecule has 4 aliphatic rings. The van der Waals surface area contributed by atoms with Gasteiger partial charge < -0.3 is 23.7 Å². The van der Waals surface area contributed by atoms with E-state index in [0.29, 0.717) is 6.42 Å². The third kappa shape index (κ3) is 2.43. The smallest absolute Gasteiger partial charge is 0.302 e. The van der Waals surface area contributed by atoms with Gasteiger partial charge in [0.15, 0.2) is 23.0 Å². The predicted octanol–water partition coefficient (Wildman–Crippen LogP) is 2.90. The van der Waals surface area contributed by atoms with E-state index in [0.717, 1.165) is 46.2 Å². The molecule has 0 saturated carbocycles. The lowest BCUT2D eigenvalue weighted by molar-refractivity contribution is -0.149. The maximum atomic E-state index is 11.9. The van der Waals surface area contributed by atoms with Crippen LogP contribution in [0.5, 0.6) is 23.0 Å². The number of esters is 1. The molecule has 7 heteroatoms. The van der Waals surface area contributed by atoms with Gasteiger partial charge in [-0.3, -0.25) is 9.69 Å². The molecule has 0 radical (unpaired) electrons. The SMILES string of the molecule is CC(=O)OC1Cc2cc3c(cc2[C@@H]2C1c1ccc4c(c1CN2C)OCO4)OCO3. The van der Waals surface area contributed by atoms with Crippen molar-refractivity contribution < 1.29 is 28.5 Å². The molecule has 2 aromatic carbocycles. The summed E-state index contributed by atoms with van der Waals surface area (Å²) in [6, 6.07) is 8.25. The van der Waals surface area contributed by atoms with Gasteiger partial charge in [-0.1, -0.05) is 6.07 Å².